The van der Waals surface area contributed by atoms with E-state index in [-0.39, 0.29) is 11.9 Å². The minimum Gasteiger partial charge on any atom is -0.336 e. The zero-order valence-electron chi connectivity index (χ0n) is 13.1. The normalized spacial score (nSPS) is 18.7. The van der Waals surface area contributed by atoms with E-state index in [1.807, 2.05) is 30.4 Å². The van der Waals surface area contributed by atoms with E-state index >= 15 is 0 Å². The van der Waals surface area contributed by atoms with E-state index in [4.69, 9.17) is 0 Å². The van der Waals surface area contributed by atoms with Crippen LogP contribution in [0.15, 0.2) is 0 Å². The second-order valence-corrected chi connectivity index (χ2v) is 6.35. The highest BCUT2D eigenvalue weighted by molar-refractivity contribution is 7.08. The molecule has 0 N–H and O–H groups in total. The molecule has 22 heavy (non-hydrogen) atoms. The Kier molecular flexibility index (Phi) is 4.19. The molecule has 0 saturated carbocycles. The number of aromatic nitrogens is 5. The zero-order valence-corrected chi connectivity index (χ0v) is 13.9. The fraction of sp³-hybridized carbons (Fsp3) is 0.643. The maximum atomic E-state index is 12.7. The molecule has 2 aromatic heterocycles. The van der Waals surface area contributed by atoms with E-state index < -0.39 is 0 Å². The smallest absolute Gasteiger partial charge is 0.267 e. The van der Waals surface area contributed by atoms with Gasteiger partial charge in [0.25, 0.3) is 5.91 Å². The molecule has 1 aliphatic heterocycles. The third kappa shape index (κ3) is 2.75. The van der Waals surface area contributed by atoms with Gasteiger partial charge in [-0.15, -0.1) is 5.10 Å². The average molecular weight is 320 g/mol. The molecule has 1 aliphatic rings. The number of nitrogens with zero attached hydrogens (tertiary/aromatic N) is 6. The summed E-state index contributed by atoms with van der Waals surface area (Å²) >= 11 is 1.19. The van der Waals surface area contributed by atoms with Crippen molar-refractivity contribution in [3.05, 3.63) is 22.2 Å². The maximum Gasteiger partial charge on any atom is 0.267 e. The van der Waals surface area contributed by atoms with Crippen LogP contribution in [-0.4, -0.2) is 48.2 Å². The van der Waals surface area contributed by atoms with Crippen LogP contribution in [0.3, 0.4) is 0 Å². The van der Waals surface area contributed by atoms with E-state index in [1.165, 1.54) is 11.5 Å². The summed E-state index contributed by atoms with van der Waals surface area (Å²) in [5.74, 6) is 1.73. The zero-order chi connectivity index (χ0) is 15.7. The van der Waals surface area contributed by atoms with Crippen LogP contribution in [0.4, 0.5) is 0 Å². The molecular weight excluding hydrogens is 300 g/mol. The molecule has 118 valence electrons. The maximum absolute atomic E-state index is 12.7. The number of amides is 1. The van der Waals surface area contributed by atoms with E-state index in [2.05, 4.69) is 19.7 Å². The van der Waals surface area contributed by atoms with Crippen LogP contribution in [-0.2, 0) is 6.42 Å². The van der Waals surface area contributed by atoms with Gasteiger partial charge in [-0.05, 0) is 44.6 Å². The highest BCUT2D eigenvalue weighted by Gasteiger charge is 2.29. The summed E-state index contributed by atoms with van der Waals surface area (Å²) in [5, 5.41) is 8.51. The number of likely N-dealkylation sites (tertiary alicyclic amines) is 1. The number of aryl methyl sites for hydroxylation is 3. The lowest BCUT2D eigenvalue weighted by Crippen LogP contribution is -2.41. The van der Waals surface area contributed by atoms with Gasteiger partial charge in [0.05, 0.1) is 11.7 Å². The van der Waals surface area contributed by atoms with Gasteiger partial charge >= 0.3 is 0 Å². The monoisotopic (exact) mass is 320 g/mol. The fourth-order valence-corrected chi connectivity index (χ4v) is 3.69. The second kappa shape index (κ2) is 6.12. The van der Waals surface area contributed by atoms with Crippen LogP contribution >= 0.6 is 11.5 Å². The Labute approximate surface area is 133 Å². The Morgan fingerprint density at radius 2 is 2.23 bits per heavy atom. The van der Waals surface area contributed by atoms with Crippen LogP contribution in [0.5, 0.6) is 0 Å². The van der Waals surface area contributed by atoms with Crippen molar-refractivity contribution in [3.63, 3.8) is 0 Å². The van der Waals surface area contributed by atoms with Gasteiger partial charge in [-0.3, -0.25) is 4.79 Å². The van der Waals surface area contributed by atoms with Crippen molar-refractivity contribution in [1.29, 1.82) is 0 Å². The van der Waals surface area contributed by atoms with Crippen LogP contribution in [0.25, 0.3) is 0 Å². The van der Waals surface area contributed by atoms with Crippen LogP contribution in [0.1, 0.15) is 52.8 Å². The lowest BCUT2D eigenvalue weighted by molar-refractivity contribution is 0.0675. The summed E-state index contributed by atoms with van der Waals surface area (Å²) in [6.45, 7) is 7.30. The van der Waals surface area contributed by atoms with E-state index in [1.54, 1.807) is 0 Å². The number of piperidine rings is 1. The minimum absolute atomic E-state index is 0.0473. The molecular formula is C14H20N6OS. The second-order valence-electron chi connectivity index (χ2n) is 5.60. The minimum atomic E-state index is 0.0473. The van der Waals surface area contributed by atoms with Gasteiger partial charge in [-0.25, -0.2) is 9.67 Å². The van der Waals surface area contributed by atoms with Gasteiger partial charge in [-0.1, -0.05) is 11.4 Å². The third-order valence-corrected chi connectivity index (χ3v) is 4.78. The predicted molar refractivity (Wildman–Crippen MR) is 83.0 cm³/mol. The largest absolute Gasteiger partial charge is 0.336 e. The molecule has 7 nitrogen and oxygen atoms in total. The molecule has 0 aliphatic carbocycles. The summed E-state index contributed by atoms with van der Waals surface area (Å²) in [4.78, 5) is 19.7. The van der Waals surface area contributed by atoms with Crippen molar-refractivity contribution in [2.75, 3.05) is 13.1 Å². The van der Waals surface area contributed by atoms with Crippen LogP contribution < -0.4 is 0 Å². The van der Waals surface area contributed by atoms with E-state index in [9.17, 15) is 4.79 Å². The van der Waals surface area contributed by atoms with Crippen molar-refractivity contribution in [3.8, 4) is 0 Å². The van der Waals surface area contributed by atoms with Crippen LogP contribution in [0.2, 0.25) is 0 Å². The number of rotatable bonds is 3. The first kappa shape index (κ1) is 15.1. The molecule has 8 heteroatoms. The molecule has 0 bridgehead atoms. The first-order chi connectivity index (χ1) is 10.6. The Bertz CT molecular complexity index is 679. The Morgan fingerprint density at radius 1 is 1.41 bits per heavy atom. The number of carbonyl (C=O) groups excluding carboxylic acids is 1. The Morgan fingerprint density at radius 3 is 2.91 bits per heavy atom. The van der Waals surface area contributed by atoms with E-state index in [0.717, 1.165) is 43.1 Å². The first-order valence-corrected chi connectivity index (χ1v) is 8.37. The van der Waals surface area contributed by atoms with Crippen molar-refractivity contribution in [2.45, 2.75) is 46.1 Å². The van der Waals surface area contributed by atoms with Gasteiger partial charge in [0.15, 0.2) is 0 Å². The van der Waals surface area contributed by atoms with E-state index in [0.29, 0.717) is 11.4 Å². The molecule has 1 saturated heterocycles. The summed E-state index contributed by atoms with van der Waals surface area (Å²) in [6, 6.07) is 0.199. The molecule has 1 amide bonds. The lowest BCUT2D eigenvalue weighted by atomic mass is 10.1. The van der Waals surface area contributed by atoms with Gasteiger partial charge in [0.1, 0.15) is 16.5 Å². The number of carbonyl (C=O) groups is 1. The average Bonchev–Trinajstić information content (AvgIpc) is 3.12. The topological polar surface area (TPSA) is 76.8 Å². The molecule has 0 radical (unpaired) electrons. The van der Waals surface area contributed by atoms with Gasteiger partial charge in [0, 0.05) is 13.1 Å². The summed E-state index contributed by atoms with van der Waals surface area (Å²) in [6.07, 6.45) is 2.73. The molecule has 3 heterocycles. The third-order valence-electron chi connectivity index (χ3n) is 4.02. The van der Waals surface area contributed by atoms with Gasteiger partial charge < -0.3 is 4.90 Å². The SMILES string of the molecule is CCc1nnsc1C(=O)N1CCC[C@H](n2nc(C)nc2C)C1. The molecule has 2 aromatic rings. The lowest BCUT2D eigenvalue weighted by Gasteiger charge is -2.32. The van der Waals surface area contributed by atoms with Crippen LogP contribution in [0, 0.1) is 13.8 Å². The fourth-order valence-electron chi connectivity index (χ4n) is 2.97. The summed E-state index contributed by atoms with van der Waals surface area (Å²) in [5.41, 5.74) is 0.796. The summed E-state index contributed by atoms with van der Waals surface area (Å²) < 4.78 is 5.88. The Balaban J connectivity index is 1.78. The van der Waals surface area contributed by atoms with Crippen molar-refractivity contribution in [1.82, 2.24) is 29.3 Å². The number of hydrogen-bond acceptors (Lipinski definition) is 6. The van der Waals surface area contributed by atoms with Crippen molar-refractivity contribution >= 4 is 17.4 Å². The van der Waals surface area contributed by atoms with Crippen molar-refractivity contribution in [2.24, 2.45) is 0 Å². The first-order valence-electron chi connectivity index (χ1n) is 7.60. The molecule has 1 fully saturated rings. The van der Waals surface area contributed by atoms with Crippen molar-refractivity contribution < 1.29 is 4.79 Å². The van der Waals surface area contributed by atoms with Gasteiger partial charge in [-0.2, -0.15) is 5.10 Å². The van der Waals surface area contributed by atoms with Gasteiger partial charge in [0.2, 0.25) is 0 Å². The predicted octanol–water partition coefficient (Wildman–Crippen LogP) is 1.79. The number of hydrogen-bond donors (Lipinski definition) is 0. The molecule has 0 aromatic carbocycles. The molecule has 0 unspecified atom stereocenters. The highest BCUT2D eigenvalue weighted by atomic mass is 32.1. The molecule has 3 rings (SSSR count). The quantitative estimate of drug-likeness (QED) is 0.861. The Hall–Kier alpha value is -1.83. The standard InChI is InChI=1S/C14H20N6OS/c1-4-12-13(22-18-16-12)14(21)19-7-5-6-11(8-19)20-10(3)15-9(2)17-20/h11H,4-8H2,1-3H3/t11-/m0/s1. The summed E-state index contributed by atoms with van der Waals surface area (Å²) in [7, 11) is 0. The molecule has 1 atom stereocenters. The molecule has 0 spiro atoms. The highest BCUT2D eigenvalue weighted by Crippen LogP contribution is 2.24.